The molecule has 0 aromatic carbocycles. The fourth-order valence-corrected chi connectivity index (χ4v) is 4.29. The Hall–Kier alpha value is -0.450. The van der Waals surface area contributed by atoms with Crippen LogP contribution >= 0.6 is 11.3 Å². The Morgan fingerprint density at radius 2 is 2.28 bits per heavy atom. The summed E-state index contributed by atoms with van der Waals surface area (Å²) in [7, 11) is 1.82. The standard InChI is InChI=1S/C14H22N2OS/c1-3-15-10-5-4-6-11-13(10)18-14(16-11)12(17-2)9-7-8-9/h9-10,12,15H,3-8H2,1-2H3. The first kappa shape index (κ1) is 12.6. The van der Waals surface area contributed by atoms with Crippen LogP contribution in [0.2, 0.25) is 0 Å². The molecule has 2 unspecified atom stereocenters. The first-order valence-electron chi connectivity index (χ1n) is 7.09. The molecule has 4 heteroatoms. The van der Waals surface area contributed by atoms with Crippen molar-refractivity contribution >= 4 is 11.3 Å². The van der Waals surface area contributed by atoms with Gasteiger partial charge >= 0.3 is 0 Å². The van der Waals surface area contributed by atoms with Crippen molar-refractivity contribution < 1.29 is 4.74 Å². The number of thiazole rings is 1. The lowest BCUT2D eigenvalue weighted by Gasteiger charge is -2.21. The van der Waals surface area contributed by atoms with Crippen LogP contribution in [0.25, 0.3) is 0 Å². The molecule has 0 amide bonds. The Labute approximate surface area is 113 Å². The van der Waals surface area contributed by atoms with E-state index < -0.39 is 0 Å². The van der Waals surface area contributed by atoms with Gasteiger partial charge in [0.25, 0.3) is 0 Å². The third-order valence-electron chi connectivity index (χ3n) is 3.96. The molecule has 0 aliphatic heterocycles. The summed E-state index contributed by atoms with van der Waals surface area (Å²) in [6, 6.07) is 0.529. The van der Waals surface area contributed by atoms with Gasteiger partial charge in [-0.05, 0) is 44.6 Å². The average molecular weight is 266 g/mol. The zero-order valence-corrected chi connectivity index (χ0v) is 12.1. The van der Waals surface area contributed by atoms with Gasteiger partial charge in [-0.3, -0.25) is 0 Å². The highest BCUT2D eigenvalue weighted by Gasteiger charge is 2.36. The van der Waals surface area contributed by atoms with E-state index in [4.69, 9.17) is 9.72 Å². The quantitative estimate of drug-likeness (QED) is 0.888. The van der Waals surface area contributed by atoms with Crippen molar-refractivity contribution in [2.24, 2.45) is 5.92 Å². The van der Waals surface area contributed by atoms with Gasteiger partial charge in [0.15, 0.2) is 0 Å². The van der Waals surface area contributed by atoms with Crippen LogP contribution in [0, 0.1) is 5.92 Å². The van der Waals surface area contributed by atoms with Crippen LogP contribution in [0.5, 0.6) is 0 Å². The third kappa shape index (κ3) is 2.33. The summed E-state index contributed by atoms with van der Waals surface area (Å²) in [5.74, 6) is 0.722. The molecule has 1 fully saturated rings. The lowest BCUT2D eigenvalue weighted by Crippen LogP contribution is -2.23. The van der Waals surface area contributed by atoms with E-state index in [2.05, 4.69) is 12.2 Å². The molecule has 100 valence electrons. The smallest absolute Gasteiger partial charge is 0.122 e. The second-order valence-electron chi connectivity index (χ2n) is 5.36. The van der Waals surface area contributed by atoms with Crippen LogP contribution in [0.4, 0.5) is 0 Å². The summed E-state index contributed by atoms with van der Waals surface area (Å²) < 4.78 is 5.66. The Balaban J connectivity index is 1.85. The summed E-state index contributed by atoms with van der Waals surface area (Å²) in [5.41, 5.74) is 1.33. The van der Waals surface area contributed by atoms with Crippen molar-refractivity contribution in [3.63, 3.8) is 0 Å². The summed E-state index contributed by atoms with van der Waals surface area (Å²) >= 11 is 1.89. The minimum Gasteiger partial charge on any atom is -0.374 e. The van der Waals surface area contributed by atoms with Crippen molar-refractivity contribution in [3.05, 3.63) is 15.6 Å². The van der Waals surface area contributed by atoms with E-state index in [0.29, 0.717) is 6.04 Å². The number of nitrogens with zero attached hydrogens (tertiary/aromatic N) is 1. The zero-order valence-electron chi connectivity index (χ0n) is 11.2. The van der Waals surface area contributed by atoms with Gasteiger partial charge in [-0.1, -0.05) is 6.92 Å². The zero-order chi connectivity index (χ0) is 12.5. The molecular weight excluding hydrogens is 244 g/mol. The van der Waals surface area contributed by atoms with Gasteiger partial charge in [0, 0.05) is 18.0 Å². The highest BCUT2D eigenvalue weighted by Crippen LogP contribution is 2.46. The summed E-state index contributed by atoms with van der Waals surface area (Å²) in [6.07, 6.45) is 6.52. The van der Waals surface area contributed by atoms with E-state index in [0.717, 1.165) is 18.9 Å². The number of methoxy groups -OCH3 is 1. The molecule has 1 heterocycles. The lowest BCUT2D eigenvalue weighted by atomic mass is 9.98. The molecule has 1 saturated carbocycles. The molecule has 0 saturated heterocycles. The molecule has 3 nitrogen and oxygen atoms in total. The highest BCUT2D eigenvalue weighted by molar-refractivity contribution is 7.11. The monoisotopic (exact) mass is 266 g/mol. The molecule has 0 bridgehead atoms. The van der Waals surface area contributed by atoms with Crippen LogP contribution in [-0.4, -0.2) is 18.6 Å². The normalized spacial score (nSPS) is 24.9. The molecule has 2 atom stereocenters. The fourth-order valence-electron chi connectivity index (χ4n) is 2.90. The van der Waals surface area contributed by atoms with Gasteiger partial charge in [0.05, 0.1) is 5.69 Å². The topological polar surface area (TPSA) is 34.2 Å². The van der Waals surface area contributed by atoms with E-state index in [1.807, 2.05) is 18.4 Å². The molecule has 2 aliphatic carbocycles. The van der Waals surface area contributed by atoms with Gasteiger partial charge in [-0.2, -0.15) is 0 Å². The lowest BCUT2D eigenvalue weighted by molar-refractivity contribution is 0.0842. The SMILES string of the molecule is CCNC1CCCc2nc(C(OC)C3CC3)sc21. The maximum atomic E-state index is 5.66. The minimum atomic E-state index is 0.253. The highest BCUT2D eigenvalue weighted by atomic mass is 32.1. The molecule has 3 rings (SSSR count). The van der Waals surface area contributed by atoms with Crippen LogP contribution < -0.4 is 5.32 Å². The summed E-state index contributed by atoms with van der Waals surface area (Å²) in [6.45, 7) is 3.21. The number of nitrogens with one attached hydrogen (secondary N) is 1. The van der Waals surface area contributed by atoms with Crippen molar-refractivity contribution in [2.45, 2.75) is 51.2 Å². The molecule has 2 aliphatic rings. The minimum absolute atomic E-state index is 0.253. The Morgan fingerprint density at radius 3 is 2.94 bits per heavy atom. The van der Waals surface area contributed by atoms with E-state index >= 15 is 0 Å². The van der Waals surface area contributed by atoms with E-state index in [1.165, 1.54) is 41.3 Å². The maximum absolute atomic E-state index is 5.66. The van der Waals surface area contributed by atoms with Crippen molar-refractivity contribution in [3.8, 4) is 0 Å². The van der Waals surface area contributed by atoms with Gasteiger partial charge < -0.3 is 10.1 Å². The molecule has 1 aromatic rings. The third-order valence-corrected chi connectivity index (χ3v) is 5.24. The van der Waals surface area contributed by atoms with Crippen LogP contribution in [0.15, 0.2) is 0 Å². The molecular formula is C14H22N2OS. The second-order valence-corrected chi connectivity index (χ2v) is 6.42. The van der Waals surface area contributed by atoms with Crippen molar-refractivity contribution in [2.75, 3.05) is 13.7 Å². The number of fused-ring (bicyclic) bond motifs is 1. The number of hydrogen-bond donors (Lipinski definition) is 1. The summed E-state index contributed by atoms with van der Waals surface area (Å²) in [4.78, 5) is 6.34. The number of rotatable bonds is 5. The molecule has 0 radical (unpaired) electrons. The number of hydrogen-bond acceptors (Lipinski definition) is 4. The Kier molecular flexibility index (Phi) is 3.68. The van der Waals surface area contributed by atoms with Gasteiger partial charge in [-0.25, -0.2) is 4.98 Å². The molecule has 0 spiro atoms. The van der Waals surface area contributed by atoms with Crippen LogP contribution in [-0.2, 0) is 11.2 Å². The van der Waals surface area contributed by atoms with Crippen molar-refractivity contribution in [1.82, 2.24) is 10.3 Å². The molecule has 18 heavy (non-hydrogen) atoms. The first-order chi connectivity index (χ1) is 8.83. The predicted octanol–water partition coefficient (Wildman–Crippen LogP) is 3.23. The Bertz CT molecular complexity index is 414. The molecule has 1 aromatic heterocycles. The maximum Gasteiger partial charge on any atom is 0.122 e. The average Bonchev–Trinajstić information content (AvgIpc) is 3.10. The molecule has 1 N–H and O–H groups in total. The van der Waals surface area contributed by atoms with E-state index in [9.17, 15) is 0 Å². The van der Waals surface area contributed by atoms with Gasteiger partial charge in [-0.15, -0.1) is 11.3 Å². The van der Waals surface area contributed by atoms with Gasteiger partial charge in [0.2, 0.25) is 0 Å². The van der Waals surface area contributed by atoms with E-state index in [1.54, 1.807) is 0 Å². The van der Waals surface area contributed by atoms with Crippen molar-refractivity contribution in [1.29, 1.82) is 0 Å². The second kappa shape index (κ2) is 5.27. The largest absolute Gasteiger partial charge is 0.374 e. The van der Waals surface area contributed by atoms with E-state index in [-0.39, 0.29) is 6.10 Å². The predicted molar refractivity (Wildman–Crippen MR) is 73.9 cm³/mol. The fraction of sp³-hybridized carbons (Fsp3) is 0.786. The first-order valence-corrected chi connectivity index (χ1v) is 7.90. The summed E-state index contributed by atoms with van der Waals surface area (Å²) in [5, 5.41) is 4.80. The van der Waals surface area contributed by atoms with Gasteiger partial charge in [0.1, 0.15) is 11.1 Å². The number of ether oxygens (including phenoxy) is 1. The Morgan fingerprint density at radius 1 is 1.44 bits per heavy atom. The number of aromatic nitrogens is 1. The number of aryl methyl sites for hydroxylation is 1. The van der Waals surface area contributed by atoms with Crippen LogP contribution in [0.3, 0.4) is 0 Å². The van der Waals surface area contributed by atoms with Crippen LogP contribution in [0.1, 0.15) is 60.3 Å².